The van der Waals surface area contributed by atoms with Crippen LogP contribution in [0.25, 0.3) is 0 Å². The van der Waals surface area contributed by atoms with Crippen LogP contribution < -0.4 is 0 Å². The Kier molecular flexibility index (Phi) is 5.28. The summed E-state index contributed by atoms with van der Waals surface area (Å²) >= 11 is 3.84. The summed E-state index contributed by atoms with van der Waals surface area (Å²) in [5.74, 6) is 3.50. The summed E-state index contributed by atoms with van der Waals surface area (Å²) in [6.07, 6.45) is 3.99. The van der Waals surface area contributed by atoms with E-state index in [0.29, 0.717) is 0 Å². The Bertz CT molecular complexity index is 201. The number of hydrogen-bond donors (Lipinski definition) is 0. The van der Waals surface area contributed by atoms with Crippen LogP contribution in [0.4, 0.5) is 0 Å². The van der Waals surface area contributed by atoms with Crippen molar-refractivity contribution in [2.24, 2.45) is 0 Å². The van der Waals surface area contributed by atoms with E-state index in [1.54, 1.807) is 0 Å². The van der Waals surface area contributed by atoms with E-state index >= 15 is 0 Å². The van der Waals surface area contributed by atoms with Crippen LogP contribution in [0.15, 0.2) is 24.4 Å². The number of nitrogens with zero attached hydrogens (tertiary/aromatic N) is 1. The summed E-state index contributed by atoms with van der Waals surface area (Å²) in [6.45, 7) is 0. The van der Waals surface area contributed by atoms with Gasteiger partial charge >= 0.3 is 0 Å². The van der Waals surface area contributed by atoms with Crippen LogP contribution in [-0.4, -0.2) is 22.7 Å². The van der Waals surface area contributed by atoms with Crippen LogP contribution in [0.1, 0.15) is 5.69 Å². The molecule has 0 amide bonds. The lowest BCUT2D eigenvalue weighted by Gasteiger charge is -1.98. The first-order chi connectivity index (χ1) is 5.93. The van der Waals surface area contributed by atoms with Gasteiger partial charge in [-0.25, -0.2) is 0 Å². The molecule has 1 rings (SSSR count). The Morgan fingerprint density at radius 2 is 2.25 bits per heavy atom. The molecule has 0 atom stereocenters. The number of hydrogen-bond acceptors (Lipinski definition) is 3. The Morgan fingerprint density at radius 1 is 1.33 bits per heavy atom. The lowest BCUT2D eigenvalue weighted by Crippen LogP contribution is -1.87. The van der Waals surface area contributed by atoms with Crippen molar-refractivity contribution in [1.29, 1.82) is 0 Å². The van der Waals surface area contributed by atoms with Gasteiger partial charge in [0, 0.05) is 23.5 Å². The predicted molar refractivity (Wildman–Crippen MR) is 58.8 cm³/mol. The van der Waals surface area contributed by atoms with Crippen molar-refractivity contribution < 1.29 is 0 Å². The fourth-order valence-corrected chi connectivity index (χ4v) is 2.46. The maximum absolute atomic E-state index is 4.25. The number of aromatic nitrogens is 1. The Hall–Kier alpha value is -0.150. The summed E-state index contributed by atoms with van der Waals surface area (Å²) in [5, 5.41) is 0. The molecule has 0 aromatic carbocycles. The molecule has 0 N–H and O–H groups in total. The van der Waals surface area contributed by atoms with Gasteiger partial charge in [-0.05, 0) is 18.4 Å². The maximum Gasteiger partial charge on any atom is 0.0502 e. The molecule has 12 heavy (non-hydrogen) atoms. The van der Waals surface area contributed by atoms with Crippen LogP contribution in [-0.2, 0) is 5.75 Å². The second-order valence-corrected chi connectivity index (χ2v) is 4.46. The fourth-order valence-electron chi connectivity index (χ4n) is 0.803. The minimum absolute atomic E-state index is 1.04. The topological polar surface area (TPSA) is 12.9 Å². The molecule has 0 bridgehead atoms. The summed E-state index contributed by atoms with van der Waals surface area (Å²) in [6, 6.07) is 6.07. The minimum atomic E-state index is 1.04. The van der Waals surface area contributed by atoms with E-state index in [0.717, 1.165) is 5.75 Å². The third-order valence-corrected chi connectivity index (χ3v) is 3.27. The quantitative estimate of drug-likeness (QED) is 0.677. The largest absolute Gasteiger partial charge is 0.260 e. The van der Waals surface area contributed by atoms with Gasteiger partial charge in [0.25, 0.3) is 0 Å². The molecular formula is C9H13NS2. The minimum Gasteiger partial charge on any atom is -0.260 e. The van der Waals surface area contributed by atoms with Gasteiger partial charge in [0.05, 0.1) is 5.69 Å². The average molecular weight is 199 g/mol. The molecule has 0 radical (unpaired) electrons. The second-order valence-electron chi connectivity index (χ2n) is 2.37. The Morgan fingerprint density at radius 3 is 2.92 bits per heavy atom. The first kappa shape index (κ1) is 9.93. The van der Waals surface area contributed by atoms with Crippen molar-refractivity contribution in [3.63, 3.8) is 0 Å². The molecule has 66 valence electrons. The van der Waals surface area contributed by atoms with Crippen molar-refractivity contribution in [3.05, 3.63) is 30.1 Å². The van der Waals surface area contributed by atoms with Gasteiger partial charge in [-0.3, -0.25) is 4.98 Å². The number of thioether (sulfide) groups is 2. The zero-order valence-corrected chi connectivity index (χ0v) is 8.83. The molecule has 0 aliphatic heterocycles. The lowest BCUT2D eigenvalue weighted by atomic mass is 10.4. The van der Waals surface area contributed by atoms with Gasteiger partial charge in [0.1, 0.15) is 0 Å². The highest BCUT2D eigenvalue weighted by Gasteiger charge is 1.92. The summed E-state index contributed by atoms with van der Waals surface area (Å²) in [4.78, 5) is 4.25. The molecule has 3 heteroatoms. The number of rotatable bonds is 5. The fraction of sp³-hybridized carbons (Fsp3) is 0.444. The van der Waals surface area contributed by atoms with E-state index in [1.807, 2.05) is 41.9 Å². The van der Waals surface area contributed by atoms with Crippen molar-refractivity contribution in [2.75, 3.05) is 17.8 Å². The van der Waals surface area contributed by atoms with Gasteiger partial charge in [-0.1, -0.05) is 6.07 Å². The highest BCUT2D eigenvalue weighted by molar-refractivity contribution is 8.02. The van der Waals surface area contributed by atoms with Crippen molar-refractivity contribution in [3.8, 4) is 0 Å². The normalized spacial score (nSPS) is 10.1. The van der Waals surface area contributed by atoms with Crippen molar-refractivity contribution in [2.45, 2.75) is 5.75 Å². The molecule has 1 aromatic heterocycles. The molecule has 0 unspecified atom stereocenters. The van der Waals surface area contributed by atoms with Gasteiger partial charge < -0.3 is 0 Å². The Balaban J connectivity index is 2.16. The maximum atomic E-state index is 4.25. The average Bonchev–Trinajstić information content (AvgIpc) is 2.14. The highest BCUT2D eigenvalue weighted by atomic mass is 32.2. The molecule has 0 aliphatic carbocycles. The summed E-state index contributed by atoms with van der Waals surface area (Å²) in [5.41, 5.74) is 1.18. The first-order valence-electron chi connectivity index (χ1n) is 3.90. The van der Waals surface area contributed by atoms with Crippen LogP contribution >= 0.6 is 23.5 Å². The monoisotopic (exact) mass is 199 g/mol. The van der Waals surface area contributed by atoms with Crippen LogP contribution in [0.5, 0.6) is 0 Å². The molecule has 1 aromatic rings. The zero-order valence-electron chi connectivity index (χ0n) is 7.19. The standard InChI is InChI=1S/C9H13NS2/c1-11-6-7-12-8-9-4-2-3-5-10-9/h2-5H,6-8H2,1H3. The molecule has 0 saturated carbocycles. The van der Waals surface area contributed by atoms with Gasteiger partial charge in [0.2, 0.25) is 0 Å². The van der Waals surface area contributed by atoms with E-state index < -0.39 is 0 Å². The molecule has 0 saturated heterocycles. The first-order valence-corrected chi connectivity index (χ1v) is 6.45. The van der Waals surface area contributed by atoms with Crippen molar-refractivity contribution >= 4 is 23.5 Å². The third-order valence-electron chi connectivity index (χ3n) is 1.41. The zero-order chi connectivity index (χ0) is 8.65. The SMILES string of the molecule is CSCCSCc1ccccn1. The molecule has 0 fully saturated rings. The smallest absolute Gasteiger partial charge is 0.0502 e. The van der Waals surface area contributed by atoms with Gasteiger partial charge in [-0.15, -0.1) is 0 Å². The number of pyridine rings is 1. The second kappa shape index (κ2) is 6.38. The Labute approximate surface area is 82.4 Å². The van der Waals surface area contributed by atoms with Crippen LogP contribution in [0.2, 0.25) is 0 Å². The predicted octanol–water partition coefficient (Wildman–Crippen LogP) is 2.68. The van der Waals surface area contributed by atoms with E-state index in [2.05, 4.69) is 17.3 Å². The van der Waals surface area contributed by atoms with Gasteiger partial charge in [-0.2, -0.15) is 23.5 Å². The van der Waals surface area contributed by atoms with E-state index in [4.69, 9.17) is 0 Å². The third kappa shape index (κ3) is 4.02. The van der Waals surface area contributed by atoms with Gasteiger partial charge in [0.15, 0.2) is 0 Å². The molecule has 1 nitrogen and oxygen atoms in total. The molecular weight excluding hydrogens is 186 g/mol. The summed E-state index contributed by atoms with van der Waals surface area (Å²) in [7, 11) is 0. The van der Waals surface area contributed by atoms with E-state index in [9.17, 15) is 0 Å². The molecule has 0 aliphatic rings. The van der Waals surface area contributed by atoms with Crippen LogP contribution in [0, 0.1) is 0 Å². The van der Waals surface area contributed by atoms with Crippen molar-refractivity contribution in [1.82, 2.24) is 4.98 Å². The van der Waals surface area contributed by atoms with E-state index in [1.165, 1.54) is 17.2 Å². The van der Waals surface area contributed by atoms with E-state index in [-0.39, 0.29) is 0 Å². The highest BCUT2D eigenvalue weighted by Crippen LogP contribution is 2.10. The molecule has 0 spiro atoms. The lowest BCUT2D eigenvalue weighted by molar-refractivity contribution is 1.17. The summed E-state index contributed by atoms with van der Waals surface area (Å²) < 4.78 is 0. The van der Waals surface area contributed by atoms with Crippen LogP contribution in [0.3, 0.4) is 0 Å². The molecule has 1 heterocycles.